The lowest BCUT2D eigenvalue weighted by molar-refractivity contribution is -0.121. The Morgan fingerprint density at radius 2 is 1.81 bits per heavy atom. The Morgan fingerprint density at radius 1 is 1.12 bits per heavy atom. The summed E-state index contributed by atoms with van der Waals surface area (Å²) in [6.07, 6.45) is 3.48. The van der Waals surface area contributed by atoms with E-state index in [1.54, 1.807) is 0 Å². The number of benzene rings is 2. The summed E-state index contributed by atoms with van der Waals surface area (Å²) in [5, 5.41) is 7.36. The van der Waals surface area contributed by atoms with Crippen LogP contribution in [0.5, 0.6) is 0 Å². The number of halogens is 1. The Labute approximate surface area is 197 Å². The molecule has 168 valence electrons. The summed E-state index contributed by atoms with van der Waals surface area (Å²) in [4.78, 5) is 19.8. The van der Waals surface area contributed by atoms with E-state index in [9.17, 15) is 4.79 Å². The summed E-state index contributed by atoms with van der Waals surface area (Å²) in [6.45, 7) is 6.53. The van der Waals surface area contributed by atoms with E-state index in [2.05, 4.69) is 68.3 Å². The van der Waals surface area contributed by atoms with Gasteiger partial charge in [-0.3, -0.25) is 9.69 Å². The van der Waals surface area contributed by atoms with E-state index in [1.165, 1.54) is 11.1 Å². The normalized spacial score (nSPS) is 15.1. The second kappa shape index (κ2) is 10.4. The van der Waals surface area contributed by atoms with Gasteiger partial charge in [-0.25, -0.2) is 0 Å². The second-order valence-electron chi connectivity index (χ2n) is 8.22. The number of hydrogen-bond acceptors (Lipinski definition) is 5. The Hall–Kier alpha value is -2.51. The van der Waals surface area contributed by atoms with Crippen LogP contribution in [0.15, 0.2) is 51.5 Å². The maximum atomic E-state index is 13.0. The van der Waals surface area contributed by atoms with Gasteiger partial charge in [0.1, 0.15) is 0 Å². The number of carbonyl (C=O) groups is 1. The molecule has 1 fully saturated rings. The number of amides is 1. The smallest absolute Gasteiger partial charge is 0.241 e. The molecule has 1 aliphatic heterocycles. The Morgan fingerprint density at radius 3 is 2.47 bits per heavy atom. The van der Waals surface area contributed by atoms with E-state index in [4.69, 9.17) is 4.52 Å². The number of anilines is 1. The van der Waals surface area contributed by atoms with Gasteiger partial charge in [0.15, 0.2) is 0 Å². The predicted molar refractivity (Wildman–Crippen MR) is 129 cm³/mol. The summed E-state index contributed by atoms with van der Waals surface area (Å²) in [5.41, 5.74) is 4.33. The van der Waals surface area contributed by atoms with Gasteiger partial charge in [-0.05, 0) is 62.0 Å². The topological polar surface area (TPSA) is 71.3 Å². The maximum absolute atomic E-state index is 13.0. The van der Waals surface area contributed by atoms with E-state index in [0.717, 1.165) is 54.5 Å². The van der Waals surface area contributed by atoms with Crippen molar-refractivity contribution in [2.24, 2.45) is 5.92 Å². The van der Waals surface area contributed by atoms with Crippen molar-refractivity contribution in [3.8, 4) is 11.4 Å². The van der Waals surface area contributed by atoms with Crippen molar-refractivity contribution < 1.29 is 9.32 Å². The van der Waals surface area contributed by atoms with Crippen LogP contribution in [-0.2, 0) is 24.2 Å². The van der Waals surface area contributed by atoms with Gasteiger partial charge in [0.05, 0.1) is 6.54 Å². The number of carbonyl (C=O) groups excluding carboxylic acids is 1. The fourth-order valence-corrected chi connectivity index (χ4v) is 4.64. The first kappa shape index (κ1) is 22.7. The Balaban J connectivity index is 1.33. The fraction of sp³-hybridized carbons (Fsp3) is 0.400. The van der Waals surface area contributed by atoms with E-state index >= 15 is 0 Å². The second-order valence-corrected chi connectivity index (χ2v) is 9.14. The molecule has 32 heavy (non-hydrogen) atoms. The number of aromatic nitrogens is 2. The summed E-state index contributed by atoms with van der Waals surface area (Å²) in [6, 6.07) is 14.1. The molecule has 1 aromatic heterocycles. The molecule has 6 nitrogen and oxygen atoms in total. The molecule has 2 heterocycles. The molecule has 0 saturated carbocycles. The lowest BCUT2D eigenvalue weighted by atomic mass is 9.95. The van der Waals surface area contributed by atoms with Gasteiger partial charge in [-0.2, -0.15) is 4.98 Å². The molecule has 1 N–H and O–H groups in total. The van der Waals surface area contributed by atoms with Crippen molar-refractivity contribution >= 4 is 27.5 Å². The zero-order valence-corrected chi connectivity index (χ0v) is 20.2. The van der Waals surface area contributed by atoms with Gasteiger partial charge in [0, 0.05) is 21.6 Å². The third kappa shape index (κ3) is 5.27. The lowest BCUT2D eigenvalue weighted by Gasteiger charge is -2.30. The number of para-hydroxylation sites is 1. The van der Waals surface area contributed by atoms with Crippen LogP contribution in [0.1, 0.15) is 43.7 Å². The molecule has 2 aromatic carbocycles. The number of hydrogen-bond donors (Lipinski definition) is 1. The molecule has 0 unspecified atom stereocenters. The van der Waals surface area contributed by atoms with Gasteiger partial charge >= 0.3 is 0 Å². The number of piperidine rings is 1. The van der Waals surface area contributed by atoms with Crippen LogP contribution in [-0.4, -0.2) is 34.0 Å². The minimum atomic E-state index is 0.0285. The molecule has 0 bridgehead atoms. The highest BCUT2D eigenvalue weighted by Gasteiger charge is 2.27. The zero-order chi connectivity index (χ0) is 22.5. The molecule has 4 rings (SSSR count). The van der Waals surface area contributed by atoms with Crippen LogP contribution >= 0.6 is 15.9 Å². The Bertz CT molecular complexity index is 1050. The minimum Gasteiger partial charge on any atom is -0.338 e. The van der Waals surface area contributed by atoms with Gasteiger partial charge in [0.2, 0.25) is 17.6 Å². The first-order valence-corrected chi connectivity index (χ1v) is 12.1. The lowest BCUT2D eigenvalue weighted by Crippen LogP contribution is -2.38. The fourth-order valence-electron chi connectivity index (χ4n) is 4.24. The minimum absolute atomic E-state index is 0.0285. The molecule has 0 spiro atoms. The first-order chi connectivity index (χ1) is 15.6. The molecular weight excluding hydrogens is 468 g/mol. The number of nitrogens with one attached hydrogen (secondary N) is 1. The summed E-state index contributed by atoms with van der Waals surface area (Å²) in [7, 11) is 0. The van der Waals surface area contributed by atoms with Gasteiger partial charge in [-0.15, -0.1) is 0 Å². The molecule has 0 radical (unpaired) electrons. The van der Waals surface area contributed by atoms with Crippen LogP contribution in [0, 0.1) is 5.92 Å². The van der Waals surface area contributed by atoms with E-state index in [0.29, 0.717) is 18.3 Å². The van der Waals surface area contributed by atoms with Crippen molar-refractivity contribution in [3.63, 3.8) is 0 Å². The summed E-state index contributed by atoms with van der Waals surface area (Å²) in [5.74, 6) is 1.36. The van der Waals surface area contributed by atoms with Crippen LogP contribution in [0.3, 0.4) is 0 Å². The maximum Gasteiger partial charge on any atom is 0.241 e. The predicted octanol–water partition coefficient (Wildman–Crippen LogP) is 5.47. The molecule has 3 aromatic rings. The van der Waals surface area contributed by atoms with Crippen LogP contribution in [0.25, 0.3) is 11.4 Å². The summed E-state index contributed by atoms with van der Waals surface area (Å²) < 4.78 is 6.45. The molecular formula is C25H29BrN4O2. The standard InChI is InChI=1S/C25H29BrN4O2/c1-3-17-7-5-8-18(4-2)23(17)28-25(31)19-11-13-30(14-12-19)16-22-27-24(29-32-22)20-9-6-10-21(26)15-20/h5-10,15,19H,3-4,11-14,16H2,1-2H3,(H,28,31). The highest BCUT2D eigenvalue weighted by atomic mass is 79.9. The van der Waals surface area contributed by atoms with Crippen LogP contribution in [0.2, 0.25) is 0 Å². The van der Waals surface area contributed by atoms with Crippen molar-refractivity contribution in [2.45, 2.75) is 46.1 Å². The molecule has 0 atom stereocenters. The van der Waals surface area contributed by atoms with E-state index in [-0.39, 0.29) is 11.8 Å². The van der Waals surface area contributed by atoms with Crippen molar-refractivity contribution in [1.82, 2.24) is 15.0 Å². The van der Waals surface area contributed by atoms with Gasteiger partial charge < -0.3 is 9.84 Å². The van der Waals surface area contributed by atoms with E-state index in [1.807, 2.05) is 24.3 Å². The number of likely N-dealkylation sites (tertiary alicyclic amines) is 1. The largest absolute Gasteiger partial charge is 0.338 e. The highest BCUT2D eigenvalue weighted by molar-refractivity contribution is 9.10. The number of nitrogens with zero attached hydrogens (tertiary/aromatic N) is 3. The van der Waals surface area contributed by atoms with Crippen molar-refractivity contribution in [2.75, 3.05) is 18.4 Å². The molecule has 7 heteroatoms. The monoisotopic (exact) mass is 496 g/mol. The average Bonchev–Trinajstić information content (AvgIpc) is 3.28. The number of rotatable bonds is 7. The SMILES string of the molecule is CCc1cccc(CC)c1NC(=O)C1CCN(Cc2nc(-c3cccc(Br)c3)no2)CC1. The van der Waals surface area contributed by atoms with Crippen LogP contribution < -0.4 is 5.32 Å². The summed E-state index contributed by atoms with van der Waals surface area (Å²) >= 11 is 3.47. The third-order valence-electron chi connectivity index (χ3n) is 6.12. The average molecular weight is 497 g/mol. The van der Waals surface area contributed by atoms with Crippen LogP contribution in [0.4, 0.5) is 5.69 Å². The van der Waals surface area contributed by atoms with Gasteiger partial charge in [0.25, 0.3) is 0 Å². The Kier molecular flexibility index (Phi) is 7.37. The van der Waals surface area contributed by atoms with Crippen molar-refractivity contribution in [3.05, 3.63) is 64.0 Å². The zero-order valence-electron chi connectivity index (χ0n) is 18.6. The molecule has 1 aliphatic rings. The first-order valence-electron chi connectivity index (χ1n) is 11.3. The molecule has 1 amide bonds. The quantitative estimate of drug-likeness (QED) is 0.469. The van der Waals surface area contributed by atoms with E-state index < -0.39 is 0 Å². The van der Waals surface area contributed by atoms with Crippen molar-refractivity contribution in [1.29, 1.82) is 0 Å². The molecule has 0 aliphatic carbocycles. The molecule has 1 saturated heterocycles. The van der Waals surface area contributed by atoms with Gasteiger partial charge in [-0.1, -0.05) is 65.3 Å². The third-order valence-corrected chi connectivity index (χ3v) is 6.61. The number of aryl methyl sites for hydroxylation is 2. The highest BCUT2D eigenvalue weighted by Crippen LogP contribution is 2.26.